The Morgan fingerprint density at radius 2 is 2.10 bits per heavy atom. The molecule has 3 nitrogen and oxygen atoms in total. The Kier molecular flexibility index (Phi) is 6.47. The van der Waals surface area contributed by atoms with E-state index in [1.54, 1.807) is 11.3 Å². The van der Waals surface area contributed by atoms with Gasteiger partial charge in [-0.2, -0.15) is 5.10 Å². The smallest absolute Gasteiger partial charge is 0.0843 e. The molecule has 0 bridgehead atoms. The SMILES string of the molecule is CCCNC(Cc1cc(CC)nn1C)c1cc(Br)c(Br)s1. The first-order chi connectivity index (χ1) is 10.0. The molecule has 6 heteroatoms. The van der Waals surface area contributed by atoms with Gasteiger partial charge in [-0.15, -0.1) is 11.3 Å². The molecule has 0 fully saturated rings. The maximum atomic E-state index is 4.55. The number of nitrogens with zero attached hydrogens (tertiary/aromatic N) is 2. The van der Waals surface area contributed by atoms with Crippen molar-refractivity contribution >= 4 is 43.2 Å². The molecular weight excluding hydrogens is 414 g/mol. The Bertz CT molecular complexity index is 572. The van der Waals surface area contributed by atoms with Crippen LogP contribution in [0.1, 0.15) is 42.6 Å². The molecule has 0 aliphatic heterocycles. The van der Waals surface area contributed by atoms with Gasteiger partial charge in [-0.05, 0) is 63.4 Å². The number of nitrogens with one attached hydrogen (secondary N) is 1. The van der Waals surface area contributed by atoms with Crippen molar-refractivity contribution in [3.63, 3.8) is 0 Å². The van der Waals surface area contributed by atoms with Crippen LogP contribution in [-0.2, 0) is 19.9 Å². The van der Waals surface area contributed by atoms with E-state index in [2.05, 4.69) is 68.3 Å². The van der Waals surface area contributed by atoms with E-state index >= 15 is 0 Å². The monoisotopic (exact) mass is 433 g/mol. The van der Waals surface area contributed by atoms with Gasteiger partial charge in [-0.3, -0.25) is 4.68 Å². The van der Waals surface area contributed by atoms with E-state index < -0.39 is 0 Å². The lowest BCUT2D eigenvalue weighted by atomic mass is 10.1. The van der Waals surface area contributed by atoms with Gasteiger partial charge >= 0.3 is 0 Å². The summed E-state index contributed by atoms with van der Waals surface area (Å²) in [4.78, 5) is 1.35. The van der Waals surface area contributed by atoms with Crippen molar-refractivity contribution < 1.29 is 0 Å². The predicted octanol–water partition coefficient (Wildman–Crippen LogP) is 4.85. The van der Waals surface area contributed by atoms with E-state index in [9.17, 15) is 0 Å². The van der Waals surface area contributed by atoms with Crippen molar-refractivity contribution in [3.05, 3.63) is 36.7 Å². The molecule has 0 aromatic carbocycles. The summed E-state index contributed by atoms with van der Waals surface area (Å²) in [7, 11) is 2.03. The van der Waals surface area contributed by atoms with E-state index in [1.165, 1.54) is 10.6 Å². The molecule has 2 rings (SSSR count). The third kappa shape index (κ3) is 4.41. The Morgan fingerprint density at radius 3 is 2.62 bits per heavy atom. The molecule has 1 N–H and O–H groups in total. The topological polar surface area (TPSA) is 29.9 Å². The average molecular weight is 435 g/mol. The van der Waals surface area contributed by atoms with E-state index in [-0.39, 0.29) is 0 Å². The van der Waals surface area contributed by atoms with Crippen LogP contribution < -0.4 is 5.32 Å². The highest BCUT2D eigenvalue weighted by Crippen LogP contribution is 2.36. The molecule has 2 heterocycles. The molecule has 116 valence electrons. The molecule has 0 spiro atoms. The fraction of sp³-hybridized carbons (Fsp3) is 0.533. The van der Waals surface area contributed by atoms with Crippen molar-refractivity contribution in [1.82, 2.24) is 15.1 Å². The lowest BCUT2D eigenvalue weighted by Crippen LogP contribution is -2.24. The number of aromatic nitrogens is 2. The second kappa shape index (κ2) is 7.90. The van der Waals surface area contributed by atoms with Crippen molar-refractivity contribution in [3.8, 4) is 0 Å². The first-order valence-electron chi connectivity index (χ1n) is 7.25. The van der Waals surface area contributed by atoms with Crippen LogP contribution >= 0.6 is 43.2 Å². The highest BCUT2D eigenvalue weighted by Gasteiger charge is 2.18. The molecule has 0 amide bonds. The van der Waals surface area contributed by atoms with Gasteiger partial charge in [-0.1, -0.05) is 13.8 Å². The molecule has 0 saturated heterocycles. The summed E-state index contributed by atoms with van der Waals surface area (Å²) in [6.45, 7) is 5.37. The second-order valence-electron chi connectivity index (χ2n) is 5.09. The van der Waals surface area contributed by atoms with Gasteiger partial charge < -0.3 is 5.32 Å². The minimum Gasteiger partial charge on any atom is -0.309 e. The maximum absolute atomic E-state index is 4.55. The van der Waals surface area contributed by atoms with Gasteiger partial charge in [0.25, 0.3) is 0 Å². The largest absolute Gasteiger partial charge is 0.309 e. The van der Waals surface area contributed by atoms with Gasteiger partial charge in [0.2, 0.25) is 0 Å². The number of aryl methyl sites for hydroxylation is 2. The van der Waals surface area contributed by atoms with Crippen LogP contribution in [0.5, 0.6) is 0 Å². The quantitative estimate of drug-likeness (QED) is 0.674. The number of thiophene rings is 1. The van der Waals surface area contributed by atoms with E-state index in [0.29, 0.717) is 6.04 Å². The van der Waals surface area contributed by atoms with Gasteiger partial charge in [-0.25, -0.2) is 0 Å². The summed E-state index contributed by atoms with van der Waals surface area (Å²) in [6.07, 6.45) is 3.08. The summed E-state index contributed by atoms with van der Waals surface area (Å²) in [5, 5.41) is 8.21. The van der Waals surface area contributed by atoms with E-state index in [0.717, 1.165) is 39.8 Å². The Hall–Kier alpha value is -0.170. The highest BCUT2D eigenvalue weighted by atomic mass is 79.9. The van der Waals surface area contributed by atoms with Gasteiger partial charge in [0.15, 0.2) is 0 Å². The van der Waals surface area contributed by atoms with Gasteiger partial charge in [0.05, 0.1) is 9.48 Å². The zero-order valence-corrected chi connectivity index (χ0v) is 16.6. The van der Waals surface area contributed by atoms with Crippen LogP contribution in [0.25, 0.3) is 0 Å². The fourth-order valence-corrected chi connectivity index (χ4v) is 4.44. The Morgan fingerprint density at radius 1 is 1.33 bits per heavy atom. The molecule has 1 unspecified atom stereocenters. The summed E-state index contributed by atoms with van der Waals surface area (Å²) in [5.74, 6) is 0. The molecule has 0 aliphatic rings. The minimum atomic E-state index is 0.331. The van der Waals surface area contributed by atoms with Crippen LogP contribution in [0, 0.1) is 0 Å². The molecule has 21 heavy (non-hydrogen) atoms. The highest BCUT2D eigenvalue weighted by molar-refractivity contribution is 9.13. The van der Waals surface area contributed by atoms with Gasteiger partial charge in [0.1, 0.15) is 0 Å². The second-order valence-corrected chi connectivity index (χ2v) is 8.34. The third-order valence-corrected chi connectivity index (χ3v) is 6.82. The Labute approximate surface area is 147 Å². The number of rotatable bonds is 7. The fourth-order valence-electron chi connectivity index (χ4n) is 2.27. The molecule has 0 saturated carbocycles. The lowest BCUT2D eigenvalue weighted by molar-refractivity contribution is 0.518. The molecule has 1 atom stereocenters. The third-order valence-electron chi connectivity index (χ3n) is 3.45. The average Bonchev–Trinajstić information content (AvgIpc) is 2.98. The molecule has 2 aromatic heterocycles. The maximum Gasteiger partial charge on any atom is 0.0843 e. The van der Waals surface area contributed by atoms with Gasteiger partial charge in [0, 0.05) is 34.6 Å². The van der Waals surface area contributed by atoms with Crippen LogP contribution in [0.15, 0.2) is 20.4 Å². The predicted molar refractivity (Wildman–Crippen MR) is 97.0 cm³/mol. The molecule has 2 aromatic rings. The lowest BCUT2D eigenvalue weighted by Gasteiger charge is -2.17. The van der Waals surface area contributed by atoms with Crippen molar-refractivity contribution in [1.29, 1.82) is 0 Å². The zero-order valence-electron chi connectivity index (χ0n) is 12.6. The number of hydrogen-bond acceptors (Lipinski definition) is 3. The van der Waals surface area contributed by atoms with Crippen LogP contribution in [-0.4, -0.2) is 16.3 Å². The summed E-state index contributed by atoms with van der Waals surface area (Å²) in [5.41, 5.74) is 2.44. The van der Waals surface area contributed by atoms with Crippen molar-refractivity contribution in [2.24, 2.45) is 7.05 Å². The minimum absolute atomic E-state index is 0.331. The van der Waals surface area contributed by atoms with Crippen molar-refractivity contribution in [2.45, 2.75) is 39.2 Å². The van der Waals surface area contributed by atoms with E-state index in [4.69, 9.17) is 0 Å². The van der Waals surface area contributed by atoms with Crippen LogP contribution in [0.2, 0.25) is 0 Å². The summed E-state index contributed by atoms with van der Waals surface area (Å²) >= 11 is 8.97. The summed E-state index contributed by atoms with van der Waals surface area (Å²) < 4.78 is 4.29. The van der Waals surface area contributed by atoms with Crippen LogP contribution in [0.4, 0.5) is 0 Å². The van der Waals surface area contributed by atoms with E-state index in [1.807, 2.05) is 11.7 Å². The normalized spacial score (nSPS) is 12.8. The molecular formula is C15H21Br2N3S. The zero-order chi connectivity index (χ0) is 15.4. The Balaban J connectivity index is 2.21. The molecule has 0 radical (unpaired) electrons. The van der Waals surface area contributed by atoms with Crippen LogP contribution in [0.3, 0.4) is 0 Å². The standard InChI is InChI=1S/C15H21Br2N3S/c1-4-6-18-13(14-9-12(16)15(17)21-14)8-11-7-10(5-2)19-20(11)3/h7,9,13,18H,4-6,8H2,1-3H3. The number of halogens is 2. The first kappa shape index (κ1) is 17.2. The van der Waals surface area contributed by atoms with Crippen molar-refractivity contribution in [2.75, 3.05) is 6.54 Å². The molecule has 0 aliphatic carbocycles. The first-order valence-corrected chi connectivity index (χ1v) is 9.65. The number of hydrogen-bond donors (Lipinski definition) is 1. The summed E-state index contributed by atoms with van der Waals surface area (Å²) in [6, 6.07) is 4.76.